The van der Waals surface area contributed by atoms with Crippen molar-refractivity contribution in [3.63, 3.8) is 0 Å². The first-order valence-electron chi connectivity index (χ1n) is 3.65. The van der Waals surface area contributed by atoms with E-state index >= 15 is 0 Å². The first-order chi connectivity index (χ1) is 4.22. The van der Waals surface area contributed by atoms with Gasteiger partial charge in [-0.05, 0) is 25.9 Å². The molecule has 0 saturated carbocycles. The smallest absolute Gasteiger partial charge is 0.00762 e. The van der Waals surface area contributed by atoms with E-state index in [2.05, 4.69) is 26.1 Å². The van der Waals surface area contributed by atoms with E-state index in [-0.39, 0.29) is 0 Å². The molecule has 0 aromatic heterocycles. The van der Waals surface area contributed by atoms with Gasteiger partial charge in [0.1, 0.15) is 0 Å². The Hall–Kier alpha value is -0.0800. The van der Waals surface area contributed by atoms with Gasteiger partial charge in [-0.3, -0.25) is 0 Å². The van der Waals surface area contributed by atoms with Gasteiger partial charge >= 0.3 is 0 Å². The Morgan fingerprint density at radius 2 is 2.00 bits per heavy atom. The molecule has 2 heteroatoms. The van der Waals surface area contributed by atoms with Crippen LogP contribution in [0.15, 0.2) is 0 Å². The number of rotatable bonds is 4. The van der Waals surface area contributed by atoms with E-state index in [0.717, 1.165) is 13.1 Å². The summed E-state index contributed by atoms with van der Waals surface area (Å²) in [6.45, 7) is 8.24. The van der Waals surface area contributed by atoms with Gasteiger partial charge in [0.15, 0.2) is 0 Å². The summed E-state index contributed by atoms with van der Waals surface area (Å²) in [5.74, 6) is 0.588. The molecular formula is C7H18N2. The van der Waals surface area contributed by atoms with Gasteiger partial charge in [-0.25, -0.2) is 0 Å². The van der Waals surface area contributed by atoms with Crippen LogP contribution in [0.4, 0.5) is 0 Å². The minimum atomic E-state index is 0.556. The van der Waals surface area contributed by atoms with Crippen molar-refractivity contribution in [2.24, 2.45) is 11.7 Å². The van der Waals surface area contributed by atoms with Crippen molar-refractivity contribution in [3.05, 3.63) is 0 Å². The largest absolute Gasteiger partial charge is 0.330 e. The predicted octanol–water partition coefficient (Wildman–Crippen LogP) is 0.579. The molecule has 0 aliphatic carbocycles. The van der Waals surface area contributed by atoms with Crippen LogP contribution in [0.25, 0.3) is 0 Å². The highest BCUT2D eigenvalue weighted by Crippen LogP contribution is 1.97. The summed E-state index contributed by atoms with van der Waals surface area (Å²) in [5, 5.41) is 3.32. The number of hydrogen-bond acceptors (Lipinski definition) is 2. The van der Waals surface area contributed by atoms with E-state index in [1.165, 1.54) is 0 Å². The summed E-state index contributed by atoms with van der Waals surface area (Å²) in [6, 6.07) is 0.556. The normalized spacial score (nSPS) is 17.3. The Labute approximate surface area is 57.8 Å². The topological polar surface area (TPSA) is 38.0 Å². The maximum Gasteiger partial charge on any atom is 0.00762 e. The lowest BCUT2D eigenvalue weighted by atomic mass is 10.0. The molecule has 0 aliphatic heterocycles. The Morgan fingerprint density at radius 1 is 1.44 bits per heavy atom. The molecule has 0 spiro atoms. The zero-order valence-electron chi connectivity index (χ0n) is 6.65. The van der Waals surface area contributed by atoms with E-state index in [0.29, 0.717) is 12.0 Å². The van der Waals surface area contributed by atoms with Crippen LogP contribution in [0.3, 0.4) is 0 Å². The Balaban J connectivity index is 3.32. The van der Waals surface area contributed by atoms with Crippen LogP contribution in [0.2, 0.25) is 0 Å². The summed E-state index contributed by atoms with van der Waals surface area (Å²) >= 11 is 0. The van der Waals surface area contributed by atoms with Crippen LogP contribution < -0.4 is 11.1 Å². The summed E-state index contributed by atoms with van der Waals surface area (Å²) in [6.07, 6.45) is 0. The summed E-state index contributed by atoms with van der Waals surface area (Å²) in [4.78, 5) is 0. The van der Waals surface area contributed by atoms with Crippen molar-refractivity contribution in [1.29, 1.82) is 0 Å². The molecule has 0 aromatic carbocycles. The molecular weight excluding hydrogens is 112 g/mol. The Bertz CT molecular complexity index is 63.9. The van der Waals surface area contributed by atoms with E-state index in [1.807, 2.05) is 0 Å². The first kappa shape index (κ1) is 8.92. The Morgan fingerprint density at radius 3 is 2.33 bits per heavy atom. The fourth-order valence-electron chi connectivity index (χ4n) is 0.727. The monoisotopic (exact) mass is 130 g/mol. The summed E-state index contributed by atoms with van der Waals surface area (Å²) in [5.41, 5.74) is 5.46. The predicted molar refractivity (Wildman–Crippen MR) is 41.4 cm³/mol. The zero-order valence-corrected chi connectivity index (χ0v) is 6.65. The molecule has 0 saturated heterocycles. The van der Waals surface area contributed by atoms with E-state index in [4.69, 9.17) is 5.73 Å². The third kappa shape index (κ3) is 3.49. The lowest BCUT2D eigenvalue weighted by molar-refractivity contribution is 0.416. The van der Waals surface area contributed by atoms with Crippen LogP contribution >= 0.6 is 0 Å². The minimum Gasteiger partial charge on any atom is -0.330 e. The molecule has 9 heavy (non-hydrogen) atoms. The van der Waals surface area contributed by atoms with Crippen LogP contribution in [0, 0.1) is 5.92 Å². The maximum atomic E-state index is 5.46. The SMILES string of the molecule is CCN[C@@H](C)C(C)CN. The molecule has 1 unspecified atom stereocenters. The van der Waals surface area contributed by atoms with Gasteiger partial charge in [0.25, 0.3) is 0 Å². The lowest BCUT2D eigenvalue weighted by Crippen LogP contribution is -2.35. The summed E-state index contributed by atoms with van der Waals surface area (Å²) in [7, 11) is 0. The fourth-order valence-corrected chi connectivity index (χ4v) is 0.727. The quantitative estimate of drug-likeness (QED) is 0.584. The van der Waals surface area contributed by atoms with Gasteiger partial charge < -0.3 is 11.1 Å². The first-order valence-corrected chi connectivity index (χ1v) is 3.65. The molecule has 0 amide bonds. The second-order valence-corrected chi connectivity index (χ2v) is 2.56. The van der Waals surface area contributed by atoms with E-state index in [1.54, 1.807) is 0 Å². The number of nitrogens with two attached hydrogens (primary N) is 1. The third-order valence-electron chi connectivity index (χ3n) is 1.75. The second-order valence-electron chi connectivity index (χ2n) is 2.56. The molecule has 0 aliphatic rings. The lowest BCUT2D eigenvalue weighted by Gasteiger charge is -2.18. The van der Waals surface area contributed by atoms with Gasteiger partial charge in [0.05, 0.1) is 0 Å². The second kappa shape index (κ2) is 4.77. The molecule has 0 bridgehead atoms. The average Bonchev–Trinajstić information content (AvgIpc) is 1.87. The van der Waals surface area contributed by atoms with Crippen molar-refractivity contribution >= 4 is 0 Å². The third-order valence-corrected chi connectivity index (χ3v) is 1.75. The molecule has 0 rings (SSSR count). The van der Waals surface area contributed by atoms with E-state index in [9.17, 15) is 0 Å². The molecule has 56 valence electrons. The van der Waals surface area contributed by atoms with Crippen molar-refractivity contribution in [3.8, 4) is 0 Å². The number of nitrogens with one attached hydrogen (secondary N) is 1. The summed E-state index contributed by atoms with van der Waals surface area (Å²) < 4.78 is 0. The fraction of sp³-hybridized carbons (Fsp3) is 1.00. The van der Waals surface area contributed by atoms with Crippen molar-refractivity contribution < 1.29 is 0 Å². The molecule has 0 radical (unpaired) electrons. The molecule has 2 atom stereocenters. The highest BCUT2D eigenvalue weighted by Gasteiger charge is 2.06. The van der Waals surface area contributed by atoms with Crippen LogP contribution in [0.1, 0.15) is 20.8 Å². The molecule has 0 heterocycles. The highest BCUT2D eigenvalue weighted by atomic mass is 14.9. The van der Waals surface area contributed by atoms with Crippen molar-refractivity contribution in [1.82, 2.24) is 5.32 Å². The van der Waals surface area contributed by atoms with Gasteiger partial charge in [0, 0.05) is 6.04 Å². The van der Waals surface area contributed by atoms with Crippen molar-refractivity contribution in [2.75, 3.05) is 13.1 Å². The van der Waals surface area contributed by atoms with Gasteiger partial charge in [-0.2, -0.15) is 0 Å². The maximum absolute atomic E-state index is 5.46. The van der Waals surface area contributed by atoms with E-state index < -0.39 is 0 Å². The van der Waals surface area contributed by atoms with Crippen LogP contribution in [0.5, 0.6) is 0 Å². The van der Waals surface area contributed by atoms with Gasteiger partial charge in [0.2, 0.25) is 0 Å². The minimum absolute atomic E-state index is 0.556. The number of hydrogen-bond donors (Lipinski definition) is 2. The van der Waals surface area contributed by atoms with Crippen LogP contribution in [-0.2, 0) is 0 Å². The zero-order chi connectivity index (χ0) is 7.28. The molecule has 0 aromatic rings. The molecule has 2 nitrogen and oxygen atoms in total. The van der Waals surface area contributed by atoms with Gasteiger partial charge in [-0.15, -0.1) is 0 Å². The molecule has 3 N–H and O–H groups in total. The van der Waals surface area contributed by atoms with Gasteiger partial charge in [-0.1, -0.05) is 13.8 Å². The average molecular weight is 130 g/mol. The standard InChI is InChI=1S/C7H18N2/c1-4-9-7(3)6(2)5-8/h6-7,9H,4-5,8H2,1-3H3/t6?,7-/m0/s1. The van der Waals surface area contributed by atoms with Crippen molar-refractivity contribution in [2.45, 2.75) is 26.8 Å². The molecule has 0 fully saturated rings. The van der Waals surface area contributed by atoms with Crippen LogP contribution in [-0.4, -0.2) is 19.1 Å². The highest BCUT2D eigenvalue weighted by molar-refractivity contribution is 4.67. The Kier molecular flexibility index (Phi) is 4.72.